The third-order valence-electron chi connectivity index (χ3n) is 3.72. The molecule has 0 saturated carbocycles. The molecule has 0 aliphatic carbocycles. The van der Waals surface area contributed by atoms with Gasteiger partial charge in [-0.2, -0.15) is 0 Å². The lowest BCUT2D eigenvalue weighted by molar-refractivity contribution is -0.112. The van der Waals surface area contributed by atoms with Crippen molar-refractivity contribution in [3.05, 3.63) is 59.7 Å². The van der Waals surface area contributed by atoms with E-state index in [0.29, 0.717) is 6.54 Å². The van der Waals surface area contributed by atoms with E-state index >= 15 is 0 Å². The lowest BCUT2D eigenvalue weighted by Crippen LogP contribution is -2.25. The molecule has 106 valence electrons. The zero-order valence-corrected chi connectivity index (χ0v) is 12.2. The van der Waals surface area contributed by atoms with Crippen LogP contribution in [-0.2, 0) is 4.79 Å². The number of carbonyl (C=O) groups is 1. The molecule has 0 spiro atoms. The van der Waals surface area contributed by atoms with Crippen LogP contribution in [0.2, 0.25) is 0 Å². The van der Waals surface area contributed by atoms with E-state index in [1.54, 1.807) is 12.0 Å². The van der Waals surface area contributed by atoms with Crippen LogP contribution in [0.15, 0.2) is 48.5 Å². The lowest BCUT2D eigenvalue weighted by atomic mass is 10.0. The summed E-state index contributed by atoms with van der Waals surface area (Å²) in [5.74, 6) is 0.815. The SMILES string of the molecule is CCN1C(=O)/C(=C\c2ccccc2OC)c2ccccc21. The number of hydrogen-bond acceptors (Lipinski definition) is 2. The Hall–Kier alpha value is -2.55. The first-order valence-corrected chi connectivity index (χ1v) is 7.02. The standard InChI is InChI=1S/C18H17NO2/c1-3-19-16-10-6-5-9-14(16)15(18(19)20)12-13-8-4-7-11-17(13)21-2/h4-12H,3H2,1-2H3/b15-12-. The molecule has 0 atom stereocenters. The molecular formula is C18H17NO2. The van der Waals surface area contributed by atoms with E-state index in [0.717, 1.165) is 28.1 Å². The molecule has 0 N–H and O–H groups in total. The smallest absolute Gasteiger partial charge is 0.258 e. The first-order chi connectivity index (χ1) is 10.3. The van der Waals surface area contributed by atoms with Gasteiger partial charge in [0.15, 0.2) is 0 Å². The van der Waals surface area contributed by atoms with Gasteiger partial charge in [0.25, 0.3) is 5.91 Å². The van der Waals surface area contributed by atoms with Crippen molar-refractivity contribution in [3.8, 4) is 5.75 Å². The van der Waals surface area contributed by atoms with E-state index in [4.69, 9.17) is 4.74 Å². The molecule has 2 aromatic carbocycles. The Balaban J connectivity index is 2.14. The molecule has 0 aromatic heterocycles. The van der Waals surface area contributed by atoms with Crippen LogP contribution in [0.5, 0.6) is 5.75 Å². The number of methoxy groups -OCH3 is 1. The van der Waals surface area contributed by atoms with Gasteiger partial charge in [-0.3, -0.25) is 4.79 Å². The Morgan fingerprint density at radius 3 is 2.57 bits per heavy atom. The summed E-state index contributed by atoms with van der Waals surface area (Å²) in [6.07, 6.45) is 1.91. The minimum absolute atomic E-state index is 0.0459. The van der Waals surface area contributed by atoms with Crippen LogP contribution in [0.3, 0.4) is 0 Å². The van der Waals surface area contributed by atoms with Gasteiger partial charge < -0.3 is 9.64 Å². The fourth-order valence-corrected chi connectivity index (χ4v) is 2.70. The van der Waals surface area contributed by atoms with Crippen molar-refractivity contribution in [2.24, 2.45) is 0 Å². The number of nitrogens with zero attached hydrogens (tertiary/aromatic N) is 1. The van der Waals surface area contributed by atoms with Gasteiger partial charge >= 0.3 is 0 Å². The number of fused-ring (bicyclic) bond motifs is 1. The number of likely N-dealkylation sites (N-methyl/N-ethyl adjacent to an activating group) is 1. The predicted molar refractivity (Wildman–Crippen MR) is 85.3 cm³/mol. The van der Waals surface area contributed by atoms with Crippen LogP contribution in [0.25, 0.3) is 11.6 Å². The summed E-state index contributed by atoms with van der Waals surface area (Å²) in [5, 5.41) is 0. The highest BCUT2D eigenvalue weighted by molar-refractivity contribution is 6.35. The van der Waals surface area contributed by atoms with Gasteiger partial charge in [-0.25, -0.2) is 0 Å². The van der Waals surface area contributed by atoms with Gasteiger partial charge in [-0.1, -0.05) is 36.4 Å². The first-order valence-electron chi connectivity index (χ1n) is 7.02. The molecule has 0 unspecified atom stereocenters. The average Bonchev–Trinajstić information content (AvgIpc) is 2.80. The molecule has 0 bridgehead atoms. The molecule has 3 rings (SSSR count). The molecule has 3 heteroatoms. The Bertz CT molecular complexity index is 719. The molecule has 0 radical (unpaired) electrons. The van der Waals surface area contributed by atoms with Crippen molar-refractivity contribution < 1.29 is 9.53 Å². The van der Waals surface area contributed by atoms with Crippen LogP contribution in [0.4, 0.5) is 5.69 Å². The highest BCUT2D eigenvalue weighted by Crippen LogP contribution is 2.38. The maximum atomic E-state index is 12.6. The Labute approximate surface area is 124 Å². The minimum Gasteiger partial charge on any atom is -0.496 e. The van der Waals surface area contributed by atoms with E-state index in [2.05, 4.69) is 0 Å². The van der Waals surface area contributed by atoms with Crippen LogP contribution in [-0.4, -0.2) is 19.6 Å². The zero-order chi connectivity index (χ0) is 14.8. The van der Waals surface area contributed by atoms with Crippen molar-refractivity contribution in [2.45, 2.75) is 6.92 Å². The quantitative estimate of drug-likeness (QED) is 0.803. The molecule has 1 aliphatic rings. The number of carbonyl (C=O) groups excluding carboxylic acids is 1. The van der Waals surface area contributed by atoms with Crippen molar-refractivity contribution in [3.63, 3.8) is 0 Å². The van der Waals surface area contributed by atoms with Crippen molar-refractivity contribution in [1.29, 1.82) is 0 Å². The summed E-state index contributed by atoms with van der Waals surface area (Å²) in [5.41, 5.74) is 3.59. The van der Waals surface area contributed by atoms with Gasteiger partial charge in [0, 0.05) is 23.2 Å². The summed E-state index contributed by atoms with van der Waals surface area (Å²) in [6, 6.07) is 15.6. The number of ether oxygens (including phenoxy) is 1. The van der Waals surface area contributed by atoms with Crippen LogP contribution in [0.1, 0.15) is 18.1 Å². The number of benzene rings is 2. The number of amides is 1. The summed E-state index contributed by atoms with van der Waals surface area (Å²) in [7, 11) is 1.64. The molecule has 1 aliphatic heterocycles. The topological polar surface area (TPSA) is 29.5 Å². The Morgan fingerprint density at radius 1 is 1.10 bits per heavy atom. The fourth-order valence-electron chi connectivity index (χ4n) is 2.70. The average molecular weight is 279 g/mol. The van der Waals surface area contributed by atoms with Gasteiger partial charge in [-0.15, -0.1) is 0 Å². The van der Waals surface area contributed by atoms with Gasteiger partial charge in [-0.05, 0) is 25.1 Å². The maximum absolute atomic E-state index is 12.6. The molecule has 2 aromatic rings. The molecule has 1 heterocycles. The molecule has 1 amide bonds. The summed E-state index contributed by atoms with van der Waals surface area (Å²) in [4.78, 5) is 14.4. The number of para-hydroxylation sites is 2. The highest BCUT2D eigenvalue weighted by Gasteiger charge is 2.30. The van der Waals surface area contributed by atoms with E-state index in [-0.39, 0.29) is 5.91 Å². The molecule has 0 fully saturated rings. The monoisotopic (exact) mass is 279 g/mol. The number of rotatable bonds is 3. The molecular weight excluding hydrogens is 262 g/mol. The van der Waals surface area contributed by atoms with Gasteiger partial charge in [0.05, 0.1) is 12.8 Å². The highest BCUT2D eigenvalue weighted by atomic mass is 16.5. The zero-order valence-electron chi connectivity index (χ0n) is 12.2. The fraction of sp³-hybridized carbons (Fsp3) is 0.167. The summed E-state index contributed by atoms with van der Waals surface area (Å²) < 4.78 is 5.36. The number of anilines is 1. The van der Waals surface area contributed by atoms with E-state index in [9.17, 15) is 4.79 Å². The minimum atomic E-state index is 0.0459. The van der Waals surface area contributed by atoms with E-state index < -0.39 is 0 Å². The summed E-state index contributed by atoms with van der Waals surface area (Å²) >= 11 is 0. The molecule has 3 nitrogen and oxygen atoms in total. The Morgan fingerprint density at radius 2 is 1.81 bits per heavy atom. The third-order valence-corrected chi connectivity index (χ3v) is 3.72. The Kier molecular flexibility index (Phi) is 3.48. The predicted octanol–water partition coefficient (Wildman–Crippen LogP) is 3.60. The molecule has 21 heavy (non-hydrogen) atoms. The van der Waals surface area contributed by atoms with Gasteiger partial charge in [0.1, 0.15) is 5.75 Å². The first kappa shape index (κ1) is 13.4. The second-order valence-electron chi connectivity index (χ2n) is 4.87. The summed E-state index contributed by atoms with van der Waals surface area (Å²) in [6.45, 7) is 2.65. The van der Waals surface area contributed by atoms with E-state index in [1.165, 1.54) is 0 Å². The van der Waals surface area contributed by atoms with Gasteiger partial charge in [0.2, 0.25) is 0 Å². The maximum Gasteiger partial charge on any atom is 0.258 e. The number of hydrogen-bond donors (Lipinski definition) is 0. The van der Waals surface area contributed by atoms with Crippen molar-refractivity contribution in [2.75, 3.05) is 18.6 Å². The lowest BCUT2D eigenvalue weighted by Gasteiger charge is -2.13. The van der Waals surface area contributed by atoms with Crippen molar-refractivity contribution >= 4 is 23.2 Å². The van der Waals surface area contributed by atoms with Crippen LogP contribution >= 0.6 is 0 Å². The van der Waals surface area contributed by atoms with Crippen LogP contribution in [0, 0.1) is 0 Å². The molecule has 0 saturated heterocycles. The third kappa shape index (κ3) is 2.21. The largest absolute Gasteiger partial charge is 0.496 e. The van der Waals surface area contributed by atoms with Crippen LogP contribution < -0.4 is 9.64 Å². The normalized spacial score (nSPS) is 15.4. The van der Waals surface area contributed by atoms with E-state index in [1.807, 2.05) is 61.5 Å². The van der Waals surface area contributed by atoms with Crippen molar-refractivity contribution in [1.82, 2.24) is 0 Å². The second-order valence-corrected chi connectivity index (χ2v) is 4.87. The second kappa shape index (κ2) is 5.44.